The van der Waals surface area contributed by atoms with Crippen LogP contribution in [0, 0.1) is 0 Å². The van der Waals surface area contributed by atoms with E-state index in [0.717, 1.165) is 18.6 Å². The average molecular weight is 297 g/mol. The Kier molecular flexibility index (Phi) is 6.01. The zero-order valence-electron chi connectivity index (χ0n) is 13.2. The van der Waals surface area contributed by atoms with Crippen molar-refractivity contribution in [2.45, 2.75) is 32.8 Å². The minimum atomic E-state index is -0.0162. The maximum Gasteiger partial charge on any atom is 0.251 e. The van der Waals surface area contributed by atoms with Crippen molar-refractivity contribution in [1.82, 2.24) is 5.32 Å². The molecule has 0 radical (unpaired) electrons. The molecule has 0 saturated carbocycles. The molecule has 3 heteroatoms. The van der Waals surface area contributed by atoms with Crippen molar-refractivity contribution in [3.8, 4) is 5.75 Å². The number of nitrogens with one attached hydrogen (secondary N) is 1. The van der Waals surface area contributed by atoms with Crippen LogP contribution in [0.3, 0.4) is 0 Å². The summed E-state index contributed by atoms with van der Waals surface area (Å²) >= 11 is 0. The number of hydrogen-bond donors (Lipinski definition) is 1. The van der Waals surface area contributed by atoms with Gasteiger partial charge in [0.25, 0.3) is 5.91 Å². The minimum Gasteiger partial charge on any atom is -0.491 e. The standard InChI is InChI=1S/C19H23NO2/c1-15(2)22-18-12-6-8-16(14-18)9-7-13-20-19(21)17-10-4-3-5-11-17/h3-6,8,10-12,14-15H,7,9,13H2,1-2H3,(H,20,21). The maximum atomic E-state index is 11.9. The summed E-state index contributed by atoms with van der Waals surface area (Å²) in [4.78, 5) is 11.9. The zero-order valence-corrected chi connectivity index (χ0v) is 13.2. The fraction of sp³-hybridized carbons (Fsp3) is 0.316. The van der Waals surface area contributed by atoms with Crippen LogP contribution >= 0.6 is 0 Å². The van der Waals surface area contributed by atoms with Crippen LogP contribution in [0.25, 0.3) is 0 Å². The Morgan fingerprint density at radius 2 is 1.86 bits per heavy atom. The Hall–Kier alpha value is -2.29. The van der Waals surface area contributed by atoms with E-state index in [1.807, 2.05) is 56.3 Å². The van der Waals surface area contributed by atoms with Gasteiger partial charge in [0, 0.05) is 12.1 Å². The first kappa shape index (κ1) is 16.1. The molecule has 0 aliphatic rings. The number of carbonyl (C=O) groups excluding carboxylic acids is 1. The third-order valence-electron chi connectivity index (χ3n) is 3.23. The molecule has 0 atom stereocenters. The lowest BCUT2D eigenvalue weighted by Gasteiger charge is -2.11. The average Bonchev–Trinajstić information content (AvgIpc) is 2.52. The normalized spacial score (nSPS) is 10.5. The molecule has 0 aliphatic carbocycles. The molecule has 0 saturated heterocycles. The smallest absolute Gasteiger partial charge is 0.251 e. The molecule has 2 aromatic carbocycles. The second-order valence-electron chi connectivity index (χ2n) is 5.54. The van der Waals surface area contributed by atoms with E-state index < -0.39 is 0 Å². The Balaban J connectivity index is 1.76. The van der Waals surface area contributed by atoms with Gasteiger partial charge in [-0.3, -0.25) is 4.79 Å². The van der Waals surface area contributed by atoms with Crippen molar-refractivity contribution in [3.63, 3.8) is 0 Å². The van der Waals surface area contributed by atoms with E-state index in [-0.39, 0.29) is 12.0 Å². The Morgan fingerprint density at radius 3 is 2.59 bits per heavy atom. The van der Waals surface area contributed by atoms with E-state index in [4.69, 9.17) is 4.74 Å². The van der Waals surface area contributed by atoms with Crippen LogP contribution in [0.1, 0.15) is 36.2 Å². The van der Waals surface area contributed by atoms with Gasteiger partial charge in [-0.15, -0.1) is 0 Å². The second-order valence-corrected chi connectivity index (χ2v) is 5.54. The van der Waals surface area contributed by atoms with Gasteiger partial charge in [-0.05, 0) is 56.5 Å². The Bertz CT molecular complexity index is 593. The molecule has 0 unspecified atom stereocenters. The van der Waals surface area contributed by atoms with Crippen molar-refractivity contribution < 1.29 is 9.53 Å². The van der Waals surface area contributed by atoms with Gasteiger partial charge in [-0.25, -0.2) is 0 Å². The first-order valence-electron chi connectivity index (χ1n) is 7.74. The minimum absolute atomic E-state index is 0.0162. The van der Waals surface area contributed by atoms with Crippen LogP contribution in [-0.4, -0.2) is 18.6 Å². The number of rotatable bonds is 7. The highest BCUT2D eigenvalue weighted by molar-refractivity contribution is 5.94. The van der Waals surface area contributed by atoms with Gasteiger partial charge in [0.05, 0.1) is 6.10 Å². The number of hydrogen-bond acceptors (Lipinski definition) is 2. The van der Waals surface area contributed by atoms with Crippen molar-refractivity contribution >= 4 is 5.91 Å². The zero-order chi connectivity index (χ0) is 15.8. The summed E-state index contributed by atoms with van der Waals surface area (Å²) in [6.45, 7) is 4.71. The van der Waals surface area contributed by atoms with E-state index in [9.17, 15) is 4.79 Å². The highest BCUT2D eigenvalue weighted by Gasteiger charge is 2.03. The molecule has 0 fully saturated rings. The molecule has 0 aliphatic heterocycles. The number of ether oxygens (including phenoxy) is 1. The molecule has 0 bridgehead atoms. The van der Waals surface area contributed by atoms with Crippen LogP contribution in [0.4, 0.5) is 0 Å². The first-order valence-corrected chi connectivity index (χ1v) is 7.74. The predicted molar refractivity (Wildman–Crippen MR) is 89.3 cm³/mol. The summed E-state index contributed by atoms with van der Waals surface area (Å²) in [6.07, 6.45) is 2.01. The molecular formula is C19H23NO2. The highest BCUT2D eigenvalue weighted by atomic mass is 16.5. The summed E-state index contributed by atoms with van der Waals surface area (Å²) in [5, 5.41) is 2.95. The summed E-state index contributed by atoms with van der Waals surface area (Å²) in [5.74, 6) is 0.887. The molecule has 22 heavy (non-hydrogen) atoms. The van der Waals surface area contributed by atoms with Crippen molar-refractivity contribution in [1.29, 1.82) is 0 Å². The summed E-state index contributed by atoms with van der Waals surface area (Å²) in [6, 6.07) is 17.4. The van der Waals surface area contributed by atoms with Gasteiger partial charge in [-0.1, -0.05) is 30.3 Å². The van der Waals surface area contributed by atoms with Crippen molar-refractivity contribution in [2.75, 3.05) is 6.54 Å². The SMILES string of the molecule is CC(C)Oc1cccc(CCCNC(=O)c2ccccc2)c1. The molecule has 2 aromatic rings. The quantitative estimate of drug-likeness (QED) is 0.789. The Morgan fingerprint density at radius 1 is 1.09 bits per heavy atom. The molecular weight excluding hydrogens is 274 g/mol. The van der Waals surface area contributed by atoms with Gasteiger partial charge in [0.1, 0.15) is 5.75 Å². The van der Waals surface area contributed by atoms with E-state index in [1.165, 1.54) is 5.56 Å². The lowest BCUT2D eigenvalue weighted by Crippen LogP contribution is -2.24. The lowest BCUT2D eigenvalue weighted by molar-refractivity contribution is 0.0953. The Labute approximate surface area is 132 Å². The first-order chi connectivity index (χ1) is 10.6. The summed E-state index contributed by atoms with van der Waals surface area (Å²) < 4.78 is 5.69. The molecule has 0 aromatic heterocycles. The molecule has 116 valence electrons. The van der Waals surface area contributed by atoms with Gasteiger partial charge in [0.2, 0.25) is 0 Å². The van der Waals surface area contributed by atoms with Gasteiger partial charge >= 0.3 is 0 Å². The predicted octanol–water partition coefficient (Wildman–Crippen LogP) is 3.84. The monoisotopic (exact) mass is 297 g/mol. The third kappa shape index (κ3) is 5.24. The van der Waals surface area contributed by atoms with E-state index in [1.54, 1.807) is 0 Å². The van der Waals surface area contributed by atoms with Crippen LogP contribution in [-0.2, 0) is 6.42 Å². The van der Waals surface area contributed by atoms with Gasteiger partial charge in [-0.2, -0.15) is 0 Å². The van der Waals surface area contributed by atoms with Crippen LogP contribution in [0.15, 0.2) is 54.6 Å². The van der Waals surface area contributed by atoms with Crippen LogP contribution in [0.5, 0.6) is 5.75 Å². The van der Waals surface area contributed by atoms with E-state index in [0.29, 0.717) is 12.1 Å². The second kappa shape index (κ2) is 8.23. The highest BCUT2D eigenvalue weighted by Crippen LogP contribution is 2.15. The third-order valence-corrected chi connectivity index (χ3v) is 3.23. The van der Waals surface area contributed by atoms with Crippen molar-refractivity contribution in [3.05, 3.63) is 65.7 Å². The molecule has 0 spiro atoms. The molecule has 2 rings (SSSR count). The topological polar surface area (TPSA) is 38.3 Å². The molecule has 1 N–H and O–H groups in total. The fourth-order valence-electron chi connectivity index (χ4n) is 2.23. The van der Waals surface area contributed by atoms with Crippen LogP contribution in [0.2, 0.25) is 0 Å². The van der Waals surface area contributed by atoms with Crippen molar-refractivity contribution in [2.24, 2.45) is 0 Å². The maximum absolute atomic E-state index is 11.9. The lowest BCUT2D eigenvalue weighted by atomic mass is 10.1. The number of carbonyl (C=O) groups is 1. The van der Waals surface area contributed by atoms with E-state index >= 15 is 0 Å². The molecule has 3 nitrogen and oxygen atoms in total. The molecule has 0 heterocycles. The summed E-state index contributed by atoms with van der Waals surface area (Å²) in [7, 11) is 0. The number of benzene rings is 2. The van der Waals surface area contributed by atoms with E-state index in [2.05, 4.69) is 17.4 Å². The van der Waals surface area contributed by atoms with Gasteiger partial charge < -0.3 is 10.1 Å². The number of aryl methyl sites for hydroxylation is 1. The number of amides is 1. The fourth-order valence-corrected chi connectivity index (χ4v) is 2.23. The summed E-state index contributed by atoms with van der Waals surface area (Å²) in [5.41, 5.74) is 1.93. The van der Waals surface area contributed by atoms with Gasteiger partial charge in [0.15, 0.2) is 0 Å². The van der Waals surface area contributed by atoms with Crippen LogP contribution < -0.4 is 10.1 Å². The molecule has 1 amide bonds. The largest absolute Gasteiger partial charge is 0.491 e.